The third kappa shape index (κ3) is 2.07. The number of fused-ring (bicyclic) bond motifs is 5. The number of carbonyl (C=O) groups is 2. The third-order valence-corrected chi connectivity index (χ3v) is 8.55. The van der Waals surface area contributed by atoms with E-state index < -0.39 is 23.0 Å². The largest absolute Gasteiger partial charge is 0.479 e. The van der Waals surface area contributed by atoms with Gasteiger partial charge in [0, 0.05) is 11.0 Å². The number of carboxylic acids is 2. The number of rotatable bonds is 2. The molecule has 5 heteroatoms. The topological polar surface area (TPSA) is 94.8 Å². The molecule has 3 N–H and O–H groups in total. The summed E-state index contributed by atoms with van der Waals surface area (Å²) in [6.07, 6.45) is 9.06. The smallest absolute Gasteiger partial charge is 0.336 e. The van der Waals surface area contributed by atoms with Gasteiger partial charge in [-0.3, -0.25) is 0 Å². The minimum Gasteiger partial charge on any atom is -0.479 e. The predicted molar refractivity (Wildman–Crippen MR) is 95.4 cm³/mol. The lowest BCUT2D eigenvalue weighted by Crippen LogP contribution is -2.57. The van der Waals surface area contributed by atoms with Crippen molar-refractivity contribution in [3.8, 4) is 0 Å². The summed E-state index contributed by atoms with van der Waals surface area (Å²) < 4.78 is 0. The fourth-order valence-electron chi connectivity index (χ4n) is 6.86. The molecule has 4 aliphatic rings. The molecule has 0 spiro atoms. The van der Waals surface area contributed by atoms with Gasteiger partial charge < -0.3 is 15.3 Å². The van der Waals surface area contributed by atoms with Gasteiger partial charge in [-0.05, 0) is 79.8 Å². The molecular weight excluding hydrogens is 332 g/mol. The van der Waals surface area contributed by atoms with E-state index in [-0.39, 0.29) is 11.3 Å². The van der Waals surface area contributed by atoms with Gasteiger partial charge in [0.05, 0.1) is 0 Å². The van der Waals surface area contributed by atoms with E-state index in [1.54, 1.807) is 0 Å². The first-order valence-corrected chi connectivity index (χ1v) is 9.74. The van der Waals surface area contributed by atoms with Gasteiger partial charge in [0.25, 0.3) is 0 Å². The van der Waals surface area contributed by atoms with Crippen molar-refractivity contribution in [3.05, 3.63) is 23.3 Å². The minimum atomic E-state index is -1.61. The fraction of sp³-hybridized carbons (Fsp3) is 0.714. The van der Waals surface area contributed by atoms with Crippen molar-refractivity contribution in [1.29, 1.82) is 0 Å². The molecule has 0 aliphatic heterocycles. The summed E-state index contributed by atoms with van der Waals surface area (Å²) in [5.74, 6) is -0.889. The molecule has 2 saturated carbocycles. The zero-order valence-corrected chi connectivity index (χ0v) is 15.5. The summed E-state index contributed by atoms with van der Waals surface area (Å²) in [7, 11) is 0. The van der Waals surface area contributed by atoms with E-state index in [1.807, 2.05) is 13.0 Å². The van der Waals surface area contributed by atoms with E-state index in [0.717, 1.165) is 37.7 Å². The first-order chi connectivity index (χ1) is 12.1. The number of hydrogen-bond acceptors (Lipinski definition) is 3. The highest BCUT2D eigenvalue weighted by Crippen LogP contribution is 2.66. The maximum Gasteiger partial charge on any atom is 0.336 e. The molecule has 0 aromatic carbocycles. The Hall–Kier alpha value is -1.62. The standard InChI is InChI=1S/C21H28O5/c1-19-8-5-12(17(22)23)11-13(19)3-4-14-15(19)6-9-20(2)16(14)7-10-21(20,26)18(24)25/h3,11,14-16,26H,4-10H2,1-2H3,(H,22,23)(H,24,25)/t14-,15+,16+,19+,20+,21+/m1/s1. The Balaban J connectivity index is 1.70. The highest BCUT2D eigenvalue weighted by molar-refractivity contribution is 5.87. The normalized spacial score (nSPS) is 47.1. The van der Waals surface area contributed by atoms with Gasteiger partial charge in [0.15, 0.2) is 5.60 Å². The van der Waals surface area contributed by atoms with Crippen LogP contribution in [-0.4, -0.2) is 32.9 Å². The third-order valence-electron chi connectivity index (χ3n) is 8.55. The SMILES string of the molecule is C[C@]12CCC(C(=O)O)=CC1=CC[C@@H]1[C@@H]2CC[C@@]2(C)[C@H]1CC[C@]2(O)C(=O)O. The lowest BCUT2D eigenvalue weighted by Gasteiger charge is -2.57. The van der Waals surface area contributed by atoms with Crippen LogP contribution >= 0.6 is 0 Å². The number of hydrogen-bond donors (Lipinski definition) is 3. The highest BCUT2D eigenvalue weighted by Gasteiger charge is 2.66. The molecule has 6 atom stereocenters. The van der Waals surface area contributed by atoms with Crippen LogP contribution < -0.4 is 0 Å². The van der Waals surface area contributed by atoms with Gasteiger partial charge in [-0.1, -0.05) is 19.9 Å². The Morgan fingerprint density at radius 1 is 1.08 bits per heavy atom. The van der Waals surface area contributed by atoms with Crippen LogP contribution in [0.1, 0.15) is 58.8 Å². The molecule has 0 aromatic rings. The van der Waals surface area contributed by atoms with Crippen molar-refractivity contribution in [2.45, 2.75) is 64.4 Å². The van der Waals surface area contributed by atoms with Crippen molar-refractivity contribution in [2.24, 2.45) is 28.6 Å². The molecule has 0 heterocycles. The second-order valence-corrected chi connectivity index (χ2v) is 9.32. The van der Waals surface area contributed by atoms with Crippen LogP contribution in [0.4, 0.5) is 0 Å². The van der Waals surface area contributed by atoms with Gasteiger partial charge in [0.1, 0.15) is 0 Å². The molecule has 142 valence electrons. The number of aliphatic carboxylic acids is 2. The average molecular weight is 360 g/mol. The van der Waals surface area contributed by atoms with E-state index in [9.17, 15) is 24.9 Å². The van der Waals surface area contributed by atoms with Gasteiger partial charge in [-0.2, -0.15) is 0 Å². The van der Waals surface area contributed by atoms with Gasteiger partial charge in [0.2, 0.25) is 0 Å². The van der Waals surface area contributed by atoms with Crippen LogP contribution in [0.5, 0.6) is 0 Å². The first kappa shape index (κ1) is 17.8. The molecule has 0 radical (unpaired) electrons. The molecule has 2 fully saturated rings. The van der Waals surface area contributed by atoms with E-state index in [0.29, 0.717) is 30.3 Å². The summed E-state index contributed by atoms with van der Waals surface area (Å²) in [6.45, 7) is 4.23. The minimum absolute atomic E-state index is 0.0346. The van der Waals surface area contributed by atoms with Crippen molar-refractivity contribution < 1.29 is 24.9 Å². The Morgan fingerprint density at radius 3 is 2.42 bits per heavy atom. The summed E-state index contributed by atoms with van der Waals surface area (Å²) >= 11 is 0. The summed E-state index contributed by atoms with van der Waals surface area (Å²) in [5.41, 5.74) is -0.575. The van der Waals surface area contributed by atoms with Crippen molar-refractivity contribution in [1.82, 2.24) is 0 Å². The molecule has 4 aliphatic carbocycles. The lowest BCUT2D eigenvalue weighted by atomic mass is 9.47. The first-order valence-electron chi connectivity index (χ1n) is 9.74. The van der Waals surface area contributed by atoms with Crippen LogP contribution in [0, 0.1) is 28.6 Å². The van der Waals surface area contributed by atoms with E-state index in [1.165, 1.54) is 0 Å². The van der Waals surface area contributed by atoms with Crippen LogP contribution in [0.15, 0.2) is 23.3 Å². The zero-order valence-electron chi connectivity index (χ0n) is 15.5. The predicted octanol–water partition coefficient (Wildman–Crippen LogP) is 3.39. The Kier molecular flexibility index (Phi) is 3.72. The number of carboxylic acid groups (broad SMARTS) is 2. The zero-order chi connectivity index (χ0) is 18.9. The summed E-state index contributed by atoms with van der Waals surface area (Å²) in [6, 6.07) is 0. The average Bonchev–Trinajstić information content (AvgIpc) is 2.87. The van der Waals surface area contributed by atoms with Crippen LogP contribution in [0.25, 0.3) is 0 Å². The summed E-state index contributed by atoms with van der Waals surface area (Å²) in [4.78, 5) is 23.2. The van der Waals surface area contributed by atoms with Crippen molar-refractivity contribution in [3.63, 3.8) is 0 Å². The van der Waals surface area contributed by atoms with Crippen LogP contribution in [0.3, 0.4) is 0 Å². The second-order valence-electron chi connectivity index (χ2n) is 9.32. The molecule has 4 rings (SSSR count). The molecule has 0 aromatic heterocycles. The Morgan fingerprint density at radius 2 is 1.77 bits per heavy atom. The number of allylic oxidation sites excluding steroid dienone is 3. The Bertz CT molecular complexity index is 737. The molecule has 0 amide bonds. The Labute approximate surface area is 153 Å². The molecular formula is C21H28O5. The van der Waals surface area contributed by atoms with Gasteiger partial charge in [-0.25, -0.2) is 9.59 Å². The molecule has 0 bridgehead atoms. The van der Waals surface area contributed by atoms with Gasteiger partial charge in [-0.15, -0.1) is 0 Å². The quantitative estimate of drug-likeness (QED) is 0.702. The maximum absolute atomic E-state index is 11.8. The fourth-order valence-corrected chi connectivity index (χ4v) is 6.86. The van der Waals surface area contributed by atoms with E-state index >= 15 is 0 Å². The maximum atomic E-state index is 11.8. The van der Waals surface area contributed by atoms with E-state index in [2.05, 4.69) is 13.0 Å². The van der Waals surface area contributed by atoms with E-state index in [4.69, 9.17) is 0 Å². The second kappa shape index (κ2) is 5.44. The number of aliphatic hydroxyl groups is 1. The van der Waals surface area contributed by atoms with Crippen molar-refractivity contribution in [2.75, 3.05) is 0 Å². The van der Waals surface area contributed by atoms with Crippen molar-refractivity contribution >= 4 is 11.9 Å². The van der Waals surface area contributed by atoms with Crippen LogP contribution in [-0.2, 0) is 9.59 Å². The summed E-state index contributed by atoms with van der Waals surface area (Å²) in [5, 5.41) is 29.9. The van der Waals surface area contributed by atoms with Gasteiger partial charge >= 0.3 is 11.9 Å². The molecule has 26 heavy (non-hydrogen) atoms. The van der Waals surface area contributed by atoms with Crippen LogP contribution in [0.2, 0.25) is 0 Å². The highest BCUT2D eigenvalue weighted by atomic mass is 16.4. The lowest BCUT2D eigenvalue weighted by molar-refractivity contribution is -0.180. The monoisotopic (exact) mass is 360 g/mol. The molecule has 0 unspecified atom stereocenters. The molecule has 0 saturated heterocycles. The molecule has 5 nitrogen and oxygen atoms in total.